The molecule has 0 fully saturated rings. The fraction of sp³-hybridized carbons (Fsp3) is 0.286. The predicted molar refractivity (Wildman–Crippen MR) is 40.5 cm³/mol. The minimum Gasteiger partial charge on any atom is -0.399 e. The van der Waals surface area contributed by atoms with E-state index in [0.29, 0.717) is 5.70 Å². The summed E-state index contributed by atoms with van der Waals surface area (Å²) in [7, 11) is 0. The van der Waals surface area contributed by atoms with Crippen molar-refractivity contribution in [2.75, 3.05) is 0 Å². The van der Waals surface area contributed by atoms with Gasteiger partial charge in [0.2, 0.25) is 0 Å². The lowest BCUT2D eigenvalue weighted by molar-refractivity contribution is 1.21. The molecule has 9 heavy (non-hydrogen) atoms. The van der Waals surface area contributed by atoms with Gasteiger partial charge in [-0.05, 0) is 18.6 Å². The van der Waals surface area contributed by atoms with Crippen LogP contribution in [-0.4, -0.2) is 6.21 Å². The summed E-state index contributed by atoms with van der Waals surface area (Å²) in [5.74, 6) is 0. The summed E-state index contributed by atoms with van der Waals surface area (Å²) in [5.41, 5.74) is 6.02. The Morgan fingerprint density at radius 2 is 2.33 bits per heavy atom. The molecule has 0 atom stereocenters. The van der Waals surface area contributed by atoms with Crippen LogP contribution in [0.3, 0.4) is 0 Å². The van der Waals surface area contributed by atoms with Gasteiger partial charge in [-0.15, -0.1) is 0 Å². The predicted octanol–water partition coefficient (Wildman–Crippen LogP) is 1.44. The molecule has 0 aromatic heterocycles. The number of hydrogen-bond donors (Lipinski definition) is 2. The second kappa shape index (κ2) is 5.09. The van der Waals surface area contributed by atoms with Crippen LogP contribution in [0.15, 0.2) is 23.9 Å². The molecule has 0 heterocycles. The van der Waals surface area contributed by atoms with Crippen LogP contribution in [0.4, 0.5) is 0 Å². The van der Waals surface area contributed by atoms with Crippen LogP contribution in [0.1, 0.15) is 13.3 Å². The van der Waals surface area contributed by atoms with E-state index in [4.69, 9.17) is 11.1 Å². The molecule has 0 aliphatic heterocycles. The van der Waals surface area contributed by atoms with E-state index >= 15 is 0 Å². The van der Waals surface area contributed by atoms with E-state index in [1.807, 2.05) is 13.0 Å². The average molecular weight is 124 g/mol. The maximum absolute atomic E-state index is 6.65. The number of nitrogens with two attached hydrogens (primary N) is 1. The van der Waals surface area contributed by atoms with Crippen LogP contribution in [-0.2, 0) is 0 Å². The largest absolute Gasteiger partial charge is 0.399 e. The van der Waals surface area contributed by atoms with Crippen molar-refractivity contribution in [1.82, 2.24) is 0 Å². The Bertz CT molecular complexity index is 134. The maximum atomic E-state index is 6.65. The zero-order chi connectivity index (χ0) is 7.11. The molecule has 50 valence electrons. The molecule has 0 aliphatic carbocycles. The lowest BCUT2D eigenvalue weighted by Crippen LogP contribution is -1.91. The van der Waals surface area contributed by atoms with Crippen molar-refractivity contribution in [1.29, 1.82) is 5.41 Å². The summed E-state index contributed by atoms with van der Waals surface area (Å²) in [5, 5.41) is 6.65. The Morgan fingerprint density at radius 3 is 2.78 bits per heavy atom. The fourth-order valence-electron chi connectivity index (χ4n) is 0.406. The van der Waals surface area contributed by atoms with Crippen molar-refractivity contribution >= 4 is 6.21 Å². The second-order valence-electron chi connectivity index (χ2n) is 1.64. The van der Waals surface area contributed by atoms with E-state index in [2.05, 4.69) is 0 Å². The van der Waals surface area contributed by atoms with E-state index < -0.39 is 0 Å². The van der Waals surface area contributed by atoms with Gasteiger partial charge in [0.05, 0.1) is 0 Å². The average Bonchev–Trinajstić information content (AvgIpc) is 1.85. The third-order valence-corrected chi connectivity index (χ3v) is 0.822. The van der Waals surface area contributed by atoms with Gasteiger partial charge >= 0.3 is 0 Å². The molecule has 0 aliphatic rings. The van der Waals surface area contributed by atoms with Gasteiger partial charge in [0.25, 0.3) is 0 Å². The first-order valence-corrected chi connectivity index (χ1v) is 2.94. The monoisotopic (exact) mass is 124 g/mol. The first kappa shape index (κ1) is 7.95. The Hall–Kier alpha value is -1.05. The van der Waals surface area contributed by atoms with Crippen LogP contribution in [0.5, 0.6) is 0 Å². The summed E-state index contributed by atoms with van der Waals surface area (Å²) in [4.78, 5) is 0. The number of allylic oxidation sites excluding steroid dienone is 3. The Balaban J connectivity index is 3.74. The van der Waals surface area contributed by atoms with Crippen LogP contribution in [0.25, 0.3) is 0 Å². The van der Waals surface area contributed by atoms with Crippen LogP contribution < -0.4 is 5.73 Å². The van der Waals surface area contributed by atoms with Crippen molar-refractivity contribution in [3.8, 4) is 0 Å². The summed E-state index contributed by atoms with van der Waals surface area (Å²) in [6.45, 7) is 2.04. The highest BCUT2D eigenvalue weighted by Gasteiger charge is 1.74. The van der Waals surface area contributed by atoms with E-state index in [9.17, 15) is 0 Å². The van der Waals surface area contributed by atoms with Crippen molar-refractivity contribution in [2.45, 2.75) is 13.3 Å². The summed E-state index contributed by atoms with van der Waals surface area (Å²) >= 11 is 0. The normalized spacial score (nSPS) is 12.3. The van der Waals surface area contributed by atoms with E-state index in [0.717, 1.165) is 6.42 Å². The molecule has 0 saturated heterocycles. The topological polar surface area (TPSA) is 49.9 Å². The van der Waals surface area contributed by atoms with Crippen molar-refractivity contribution in [2.24, 2.45) is 5.73 Å². The van der Waals surface area contributed by atoms with Gasteiger partial charge in [0.1, 0.15) is 0 Å². The number of hydrogen-bond acceptors (Lipinski definition) is 2. The van der Waals surface area contributed by atoms with Gasteiger partial charge in [0.15, 0.2) is 0 Å². The molecule has 0 spiro atoms. The van der Waals surface area contributed by atoms with Gasteiger partial charge in [-0.3, -0.25) is 0 Å². The Morgan fingerprint density at radius 1 is 1.67 bits per heavy atom. The van der Waals surface area contributed by atoms with Crippen LogP contribution >= 0.6 is 0 Å². The minimum absolute atomic E-state index is 0.631. The quantitative estimate of drug-likeness (QED) is 0.434. The highest BCUT2D eigenvalue weighted by Crippen LogP contribution is 1.86. The van der Waals surface area contributed by atoms with Gasteiger partial charge in [0, 0.05) is 11.9 Å². The lowest BCUT2D eigenvalue weighted by atomic mass is 10.3. The van der Waals surface area contributed by atoms with Gasteiger partial charge in [-0.2, -0.15) is 0 Å². The first-order chi connectivity index (χ1) is 4.31. The van der Waals surface area contributed by atoms with Crippen LogP contribution in [0.2, 0.25) is 0 Å². The van der Waals surface area contributed by atoms with Crippen molar-refractivity contribution in [3.05, 3.63) is 23.9 Å². The molecule has 0 radical (unpaired) electrons. The highest BCUT2D eigenvalue weighted by atomic mass is 14.6. The minimum atomic E-state index is 0.631. The number of rotatable bonds is 3. The van der Waals surface area contributed by atoms with E-state index in [1.165, 1.54) is 6.21 Å². The van der Waals surface area contributed by atoms with E-state index in [1.54, 1.807) is 12.2 Å². The standard InChI is InChI=1S/C7H12N2/c1-2-3-4-7(9)5-6-8/h3-6,8H,2,9H2,1H3/b4-3-,7-5+,8-6?. The molecular formula is C7H12N2. The molecule has 0 saturated carbocycles. The molecule has 0 unspecified atom stereocenters. The van der Waals surface area contributed by atoms with Crippen molar-refractivity contribution in [3.63, 3.8) is 0 Å². The summed E-state index contributed by atoms with van der Waals surface area (Å²) < 4.78 is 0. The molecule has 0 aromatic carbocycles. The molecule has 2 heteroatoms. The molecule has 0 bridgehead atoms. The van der Waals surface area contributed by atoms with Crippen molar-refractivity contribution < 1.29 is 0 Å². The van der Waals surface area contributed by atoms with Gasteiger partial charge in [-0.1, -0.05) is 13.0 Å². The molecule has 0 amide bonds. The zero-order valence-corrected chi connectivity index (χ0v) is 5.59. The summed E-state index contributed by atoms with van der Waals surface area (Å²) in [6, 6.07) is 0. The van der Waals surface area contributed by atoms with E-state index in [-0.39, 0.29) is 0 Å². The molecule has 3 N–H and O–H groups in total. The summed E-state index contributed by atoms with van der Waals surface area (Å²) in [6.07, 6.45) is 7.45. The SMILES string of the molecule is CC/C=C\C(N)=C/C=N. The third-order valence-electron chi connectivity index (χ3n) is 0.822. The Labute approximate surface area is 55.6 Å². The second-order valence-corrected chi connectivity index (χ2v) is 1.64. The number of nitrogens with one attached hydrogen (secondary N) is 1. The van der Waals surface area contributed by atoms with Gasteiger partial charge < -0.3 is 11.1 Å². The van der Waals surface area contributed by atoms with Gasteiger partial charge in [-0.25, -0.2) is 0 Å². The Kier molecular flexibility index (Phi) is 4.50. The molecule has 2 nitrogen and oxygen atoms in total. The smallest absolute Gasteiger partial charge is 0.0325 e. The highest BCUT2D eigenvalue weighted by molar-refractivity contribution is 5.69. The molecule has 0 rings (SSSR count). The fourth-order valence-corrected chi connectivity index (χ4v) is 0.406. The first-order valence-electron chi connectivity index (χ1n) is 2.94. The molecular weight excluding hydrogens is 112 g/mol. The molecule has 0 aromatic rings. The third kappa shape index (κ3) is 4.81. The zero-order valence-electron chi connectivity index (χ0n) is 5.59. The van der Waals surface area contributed by atoms with Crippen LogP contribution in [0, 0.1) is 5.41 Å². The lowest BCUT2D eigenvalue weighted by Gasteiger charge is -1.85. The maximum Gasteiger partial charge on any atom is 0.0325 e.